The molecule has 1 saturated heterocycles. The number of amides is 2. The van der Waals surface area contributed by atoms with Gasteiger partial charge in [0.15, 0.2) is 0 Å². The Bertz CT molecular complexity index is 854. The summed E-state index contributed by atoms with van der Waals surface area (Å²) in [5, 5.41) is 3.47. The van der Waals surface area contributed by atoms with E-state index in [1.54, 1.807) is 24.3 Å². The van der Waals surface area contributed by atoms with Gasteiger partial charge in [-0.05, 0) is 55.2 Å². The molecule has 0 radical (unpaired) electrons. The van der Waals surface area contributed by atoms with Gasteiger partial charge >= 0.3 is 0 Å². The molecule has 2 aromatic carbocycles. The average molecular weight is 428 g/mol. The zero-order valence-electron chi connectivity index (χ0n) is 17.6. The van der Waals surface area contributed by atoms with E-state index in [0.29, 0.717) is 30.0 Å². The zero-order chi connectivity index (χ0) is 21.3. The second kappa shape index (κ2) is 11.1. The number of hydrogen-bond donors (Lipinski definition) is 1. The molecule has 2 aromatic rings. The summed E-state index contributed by atoms with van der Waals surface area (Å²) < 4.78 is 0. The summed E-state index contributed by atoms with van der Waals surface area (Å²) in [6.45, 7) is 7.05. The van der Waals surface area contributed by atoms with E-state index in [-0.39, 0.29) is 11.8 Å². The molecule has 0 saturated carbocycles. The molecule has 0 unspecified atom stereocenters. The van der Waals surface area contributed by atoms with Crippen molar-refractivity contribution in [3.63, 3.8) is 0 Å². The highest BCUT2D eigenvalue weighted by Crippen LogP contribution is 2.13. The number of nitrogens with one attached hydrogen (secondary N) is 1. The van der Waals surface area contributed by atoms with Gasteiger partial charge < -0.3 is 10.2 Å². The minimum atomic E-state index is -0.138. The number of hydrogen-bond acceptors (Lipinski definition) is 3. The van der Waals surface area contributed by atoms with E-state index >= 15 is 0 Å². The molecule has 0 bridgehead atoms. The lowest BCUT2D eigenvalue weighted by molar-refractivity contribution is -0.131. The molecule has 160 valence electrons. The fourth-order valence-corrected chi connectivity index (χ4v) is 3.84. The van der Waals surface area contributed by atoms with Crippen LogP contribution >= 0.6 is 11.6 Å². The van der Waals surface area contributed by atoms with Crippen molar-refractivity contribution in [2.75, 3.05) is 32.7 Å². The summed E-state index contributed by atoms with van der Waals surface area (Å²) >= 11 is 5.84. The maximum absolute atomic E-state index is 12.6. The summed E-state index contributed by atoms with van der Waals surface area (Å²) in [4.78, 5) is 29.1. The molecule has 1 fully saturated rings. The highest BCUT2D eigenvalue weighted by molar-refractivity contribution is 6.30. The van der Waals surface area contributed by atoms with Gasteiger partial charge in [0.2, 0.25) is 5.91 Å². The van der Waals surface area contributed by atoms with E-state index in [1.807, 2.05) is 4.90 Å². The largest absolute Gasteiger partial charge is 0.352 e. The molecule has 1 aliphatic rings. The van der Waals surface area contributed by atoms with Gasteiger partial charge in [-0.25, -0.2) is 0 Å². The molecule has 2 amide bonds. The van der Waals surface area contributed by atoms with Crippen LogP contribution in [0.2, 0.25) is 5.02 Å². The van der Waals surface area contributed by atoms with Crippen LogP contribution in [-0.4, -0.2) is 54.3 Å². The van der Waals surface area contributed by atoms with Gasteiger partial charge in [0, 0.05) is 56.3 Å². The molecular weight excluding hydrogens is 398 g/mol. The van der Waals surface area contributed by atoms with Crippen molar-refractivity contribution in [3.8, 4) is 0 Å². The molecule has 5 nitrogen and oxygen atoms in total. The van der Waals surface area contributed by atoms with E-state index in [0.717, 1.165) is 39.1 Å². The van der Waals surface area contributed by atoms with Crippen LogP contribution in [0.3, 0.4) is 0 Å². The van der Waals surface area contributed by atoms with Crippen LogP contribution in [0.1, 0.15) is 40.7 Å². The second-order valence-corrected chi connectivity index (χ2v) is 8.24. The van der Waals surface area contributed by atoms with Gasteiger partial charge in [-0.15, -0.1) is 0 Å². The van der Waals surface area contributed by atoms with Crippen LogP contribution in [0.25, 0.3) is 0 Å². The van der Waals surface area contributed by atoms with Crippen molar-refractivity contribution >= 4 is 23.4 Å². The van der Waals surface area contributed by atoms with Crippen LogP contribution in [0.5, 0.6) is 0 Å². The number of rotatable bonds is 7. The number of carbonyl (C=O) groups is 2. The van der Waals surface area contributed by atoms with Crippen molar-refractivity contribution in [3.05, 3.63) is 70.2 Å². The quantitative estimate of drug-likeness (QED) is 0.682. The molecule has 0 aliphatic carbocycles. The van der Waals surface area contributed by atoms with Crippen molar-refractivity contribution in [2.45, 2.75) is 32.7 Å². The normalized spacial score (nSPS) is 14.9. The Morgan fingerprint density at radius 1 is 1.00 bits per heavy atom. The standard InChI is InChI=1S/C24H30ClN3O2/c1-19-6-2-3-7-21(19)18-27-14-5-15-28(17-16-27)23(29)8-4-13-26-24(30)20-9-11-22(25)12-10-20/h2-3,6-7,9-12H,4-5,8,13-18H2,1H3,(H,26,30). The molecule has 3 rings (SSSR count). The van der Waals surface area contributed by atoms with Crippen LogP contribution in [0.15, 0.2) is 48.5 Å². The smallest absolute Gasteiger partial charge is 0.251 e. The van der Waals surface area contributed by atoms with E-state index in [1.165, 1.54) is 11.1 Å². The Labute approximate surface area is 184 Å². The van der Waals surface area contributed by atoms with Crippen molar-refractivity contribution in [1.29, 1.82) is 0 Å². The number of carbonyl (C=O) groups excluding carboxylic acids is 2. The van der Waals surface area contributed by atoms with E-state index in [4.69, 9.17) is 11.6 Å². The third kappa shape index (κ3) is 6.57. The number of halogens is 1. The van der Waals surface area contributed by atoms with Gasteiger partial charge in [0.1, 0.15) is 0 Å². The van der Waals surface area contributed by atoms with Gasteiger partial charge in [-0.3, -0.25) is 14.5 Å². The predicted molar refractivity (Wildman–Crippen MR) is 121 cm³/mol. The fourth-order valence-electron chi connectivity index (χ4n) is 3.71. The van der Waals surface area contributed by atoms with Crippen LogP contribution in [-0.2, 0) is 11.3 Å². The maximum Gasteiger partial charge on any atom is 0.251 e. The first kappa shape index (κ1) is 22.3. The molecule has 1 N–H and O–H groups in total. The first-order valence-electron chi connectivity index (χ1n) is 10.6. The van der Waals surface area contributed by atoms with E-state index < -0.39 is 0 Å². The van der Waals surface area contributed by atoms with Gasteiger partial charge in [-0.2, -0.15) is 0 Å². The zero-order valence-corrected chi connectivity index (χ0v) is 18.3. The Kier molecular flexibility index (Phi) is 8.29. The lowest BCUT2D eigenvalue weighted by Gasteiger charge is -2.22. The van der Waals surface area contributed by atoms with Crippen molar-refractivity contribution in [2.24, 2.45) is 0 Å². The number of nitrogens with zero attached hydrogens (tertiary/aromatic N) is 2. The summed E-state index contributed by atoms with van der Waals surface area (Å²) in [6.07, 6.45) is 2.09. The number of benzene rings is 2. The molecule has 1 aliphatic heterocycles. The second-order valence-electron chi connectivity index (χ2n) is 7.80. The molecular formula is C24H30ClN3O2. The lowest BCUT2D eigenvalue weighted by atomic mass is 10.1. The Morgan fingerprint density at radius 3 is 2.53 bits per heavy atom. The van der Waals surface area contributed by atoms with Crippen LogP contribution in [0.4, 0.5) is 0 Å². The SMILES string of the molecule is Cc1ccccc1CN1CCCN(C(=O)CCCNC(=O)c2ccc(Cl)cc2)CC1. The van der Waals surface area contributed by atoms with Crippen LogP contribution in [0, 0.1) is 6.92 Å². The van der Waals surface area contributed by atoms with Crippen LogP contribution < -0.4 is 5.32 Å². The number of aryl methyl sites for hydroxylation is 1. The maximum atomic E-state index is 12.6. The van der Waals surface area contributed by atoms with E-state index in [2.05, 4.69) is 41.4 Å². The van der Waals surface area contributed by atoms with E-state index in [9.17, 15) is 9.59 Å². The third-order valence-electron chi connectivity index (χ3n) is 5.56. The minimum absolute atomic E-state index is 0.138. The van der Waals surface area contributed by atoms with Crippen molar-refractivity contribution in [1.82, 2.24) is 15.1 Å². The minimum Gasteiger partial charge on any atom is -0.352 e. The topological polar surface area (TPSA) is 52.6 Å². The Balaban J connectivity index is 1.38. The van der Waals surface area contributed by atoms with Gasteiger partial charge in [-0.1, -0.05) is 35.9 Å². The van der Waals surface area contributed by atoms with Gasteiger partial charge in [0.05, 0.1) is 0 Å². The highest BCUT2D eigenvalue weighted by atomic mass is 35.5. The predicted octanol–water partition coefficient (Wildman–Crippen LogP) is 3.89. The highest BCUT2D eigenvalue weighted by Gasteiger charge is 2.19. The average Bonchev–Trinajstić information content (AvgIpc) is 2.99. The lowest BCUT2D eigenvalue weighted by Crippen LogP contribution is -2.35. The molecule has 0 atom stereocenters. The fraction of sp³-hybridized carbons (Fsp3) is 0.417. The Morgan fingerprint density at radius 2 is 1.77 bits per heavy atom. The summed E-state index contributed by atoms with van der Waals surface area (Å²) in [5.41, 5.74) is 3.25. The first-order valence-corrected chi connectivity index (χ1v) is 11.0. The Hall–Kier alpha value is -2.37. The first-order chi connectivity index (χ1) is 14.5. The summed E-state index contributed by atoms with van der Waals surface area (Å²) in [6, 6.07) is 15.3. The van der Waals surface area contributed by atoms with Crippen molar-refractivity contribution < 1.29 is 9.59 Å². The monoisotopic (exact) mass is 427 g/mol. The molecule has 30 heavy (non-hydrogen) atoms. The van der Waals surface area contributed by atoms with Gasteiger partial charge in [0.25, 0.3) is 5.91 Å². The summed E-state index contributed by atoms with van der Waals surface area (Å²) in [7, 11) is 0. The molecule has 1 heterocycles. The third-order valence-corrected chi connectivity index (χ3v) is 5.81. The molecule has 0 aromatic heterocycles. The summed E-state index contributed by atoms with van der Waals surface area (Å²) in [5.74, 6) is 0.0363. The molecule has 0 spiro atoms. The molecule has 6 heteroatoms.